The molecular weight excluding hydrogens is 334 g/mol. The average Bonchev–Trinajstić information content (AvgIpc) is 3.25. The SMILES string of the molecule is Clc1ccc2nc(-c3ccccc3)n(C3CCC4NNCC4C3)c2n1. The average molecular weight is 354 g/mol. The number of imidazole rings is 1. The molecular formula is C19H20ClN5. The largest absolute Gasteiger partial charge is 0.306 e. The fraction of sp³-hybridized carbons (Fsp3) is 0.368. The summed E-state index contributed by atoms with van der Waals surface area (Å²) in [4.78, 5) is 9.51. The number of hydrogen-bond acceptors (Lipinski definition) is 4. The van der Waals surface area contributed by atoms with E-state index in [4.69, 9.17) is 16.6 Å². The molecule has 128 valence electrons. The van der Waals surface area contributed by atoms with Gasteiger partial charge in [-0.2, -0.15) is 0 Å². The highest BCUT2D eigenvalue weighted by Crippen LogP contribution is 2.38. The van der Waals surface area contributed by atoms with Crippen LogP contribution in [-0.4, -0.2) is 27.1 Å². The van der Waals surface area contributed by atoms with E-state index in [0.717, 1.165) is 48.4 Å². The second-order valence-corrected chi connectivity index (χ2v) is 7.39. The molecule has 0 amide bonds. The van der Waals surface area contributed by atoms with E-state index in [1.165, 1.54) is 0 Å². The maximum Gasteiger partial charge on any atom is 0.162 e. The Labute approximate surface area is 151 Å². The first-order valence-corrected chi connectivity index (χ1v) is 9.25. The monoisotopic (exact) mass is 353 g/mol. The van der Waals surface area contributed by atoms with Crippen molar-refractivity contribution in [1.82, 2.24) is 25.4 Å². The minimum atomic E-state index is 0.397. The summed E-state index contributed by atoms with van der Waals surface area (Å²) >= 11 is 6.20. The predicted molar refractivity (Wildman–Crippen MR) is 99.3 cm³/mol. The molecule has 25 heavy (non-hydrogen) atoms. The van der Waals surface area contributed by atoms with Crippen LogP contribution in [0.2, 0.25) is 5.15 Å². The van der Waals surface area contributed by atoms with Crippen LogP contribution < -0.4 is 10.9 Å². The number of rotatable bonds is 2. The van der Waals surface area contributed by atoms with Gasteiger partial charge in [0.15, 0.2) is 5.65 Å². The van der Waals surface area contributed by atoms with Crippen molar-refractivity contribution >= 4 is 22.8 Å². The Morgan fingerprint density at radius 3 is 2.80 bits per heavy atom. The lowest BCUT2D eigenvalue weighted by Crippen LogP contribution is -2.36. The molecule has 3 unspecified atom stereocenters. The first kappa shape index (κ1) is 15.3. The van der Waals surface area contributed by atoms with Crippen molar-refractivity contribution < 1.29 is 0 Å². The van der Waals surface area contributed by atoms with Crippen molar-refractivity contribution in [2.24, 2.45) is 5.92 Å². The lowest BCUT2D eigenvalue weighted by Gasteiger charge is -2.32. The highest BCUT2D eigenvalue weighted by Gasteiger charge is 2.36. The number of halogens is 1. The summed E-state index contributed by atoms with van der Waals surface area (Å²) in [5.41, 5.74) is 9.65. The molecule has 2 aromatic heterocycles. The zero-order chi connectivity index (χ0) is 16.8. The molecule has 0 radical (unpaired) electrons. The van der Waals surface area contributed by atoms with Gasteiger partial charge in [-0.25, -0.2) is 9.97 Å². The van der Waals surface area contributed by atoms with Gasteiger partial charge in [-0.1, -0.05) is 41.9 Å². The molecule has 2 aliphatic rings. The fourth-order valence-electron chi connectivity index (χ4n) is 4.30. The molecule has 5 nitrogen and oxygen atoms in total. The number of nitrogens with zero attached hydrogens (tertiary/aromatic N) is 3. The van der Waals surface area contributed by atoms with Gasteiger partial charge in [-0.3, -0.25) is 10.9 Å². The number of pyridine rings is 1. The van der Waals surface area contributed by atoms with Gasteiger partial charge in [0.05, 0.1) is 0 Å². The molecule has 0 bridgehead atoms. The lowest BCUT2D eigenvalue weighted by molar-refractivity contribution is 0.257. The van der Waals surface area contributed by atoms with Gasteiger partial charge in [0.25, 0.3) is 0 Å². The number of benzene rings is 1. The highest BCUT2D eigenvalue weighted by molar-refractivity contribution is 6.29. The van der Waals surface area contributed by atoms with Crippen LogP contribution in [0, 0.1) is 5.92 Å². The molecule has 1 aliphatic heterocycles. The molecule has 2 fully saturated rings. The van der Waals surface area contributed by atoms with Crippen molar-refractivity contribution in [3.05, 3.63) is 47.6 Å². The maximum atomic E-state index is 6.20. The molecule has 3 aromatic rings. The highest BCUT2D eigenvalue weighted by atomic mass is 35.5. The Balaban J connectivity index is 1.65. The number of hydrogen-bond donors (Lipinski definition) is 2. The van der Waals surface area contributed by atoms with Crippen molar-refractivity contribution in [2.45, 2.75) is 31.3 Å². The number of nitrogens with one attached hydrogen (secondary N) is 2. The van der Waals surface area contributed by atoms with Crippen LogP contribution in [0.3, 0.4) is 0 Å². The Morgan fingerprint density at radius 1 is 1.04 bits per heavy atom. The second kappa shape index (κ2) is 6.09. The molecule has 1 saturated carbocycles. The van der Waals surface area contributed by atoms with Crippen molar-refractivity contribution in [3.8, 4) is 11.4 Å². The van der Waals surface area contributed by atoms with Crippen LogP contribution in [0.5, 0.6) is 0 Å². The normalized spacial score (nSPS) is 26.0. The zero-order valence-corrected chi connectivity index (χ0v) is 14.6. The smallest absolute Gasteiger partial charge is 0.162 e. The van der Waals surface area contributed by atoms with Gasteiger partial charge in [0, 0.05) is 24.2 Å². The molecule has 1 aromatic carbocycles. The molecule has 1 aliphatic carbocycles. The van der Waals surface area contributed by atoms with E-state index in [-0.39, 0.29) is 0 Å². The van der Waals surface area contributed by atoms with Crippen molar-refractivity contribution in [2.75, 3.05) is 6.54 Å². The van der Waals surface area contributed by atoms with Gasteiger partial charge >= 0.3 is 0 Å². The Kier molecular flexibility index (Phi) is 3.73. The fourth-order valence-corrected chi connectivity index (χ4v) is 4.44. The summed E-state index contributed by atoms with van der Waals surface area (Å²) in [6.45, 7) is 1.03. The van der Waals surface area contributed by atoms with Gasteiger partial charge in [0.2, 0.25) is 0 Å². The molecule has 3 heterocycles. The van der Waals surface area contributed by atoms with Crippen molar-refractivity contribution in [3.63, 3.8) is 0 Å². The number of fused-ring (bicyclic) bond motifs is 2. The van der Waals surface area contributed by atoms with E-state index in [2.05, 4.69) is 44.7 Å². The Hall–Kier alpha value is -1.95. The van der Waals surface area contributed by atoms with Crippen LogP contribution >= 0.6 is 11.6 Å². The van der Waals surface area contributed by atoms with E-state index in [1.807, 2.05) is 18.2 Å². The van der Waals surface area contributed by atoms with Gasteiger partial charge < -0.3 is 4.57 Å². The van der Waals surface area contributed by atoms with E-state index < -0.39 is 0 Å². The summed E-state index contributed by atoms with van der Waals surface area (Å²) in [7, 11) is 0. The number of hydrazine groups is 1. The van der Waals surface area contributed by atoms with E-state index in [9.17, 15) is 0 Å². The van der Waals surface area contributed by atoms with Crippen LogP contribution in [0.25, 0.3) is 22.6 Å². The third kappa shape index (κ3) is 2.63. The predicted octanol–water partition coefficient (Wildman–Crippen LogP) is 3.57. The van der Waals surface area contributed by atoms with Gasteiger partial charge in [-0.05, 0) is 37.3 Å². The third-order valence-corrected chi connectivity index (χ3v) is 5.72. The zero-order valence-electron chi connectivity index (χ0n) is 13.8. The van der Waals surface area contributed by atoms with Crippen LogP contribution in [0.15, 0.2) is 42.5 Å². The second-order valence-electron chi connectivity index (χ2n) is 7.01. The summed E-state index contributed by atoms with van der Waals surface area (Å²) in [5, 5.41) is 0.520. The minimum absolute atomic E-state index is 0.397. The first-order valence-electron chi connectivity index (χ1n) is 8.88. The molecule has 0 spiro atoms. The van der Waals surface area contributed by atoms with E-state index in [0.29, 0.717) is 23.2 Å². The molecule has 1 saturated heterocycles. The van der Waals surface area contributed by atoms with Crippen LogP contribution in [-0.2, 0) is 0 Å². The van der Waals surface area contributed by atoms with E-state index in [1.54, 1.807) is 0 Å². The summed E-state index contributed by atoms with van der Waals surface area (Å²) in [5.74, 6) is 1.65. The maximum absolute atomic E-state index is 6.20. The molecule has 6 heteroatoms. The Bertz CT molecular complexity index is 907. The topological polar surface area (TPSA) is 54.8 Å². The molecule has 3 atom stereocenters. The molecule has 2 N–H and O–H groups in total. The minimum Gasteiger partial charge on any atom is -0.306 e. The van der Waals surface area contributed by atoms with Gasteiger partial charge in [-0.15, -0.1) is 0 Å². The van der Waals surface area contributed by atoms with Crippen molar-refractivity contribution in [1.29, 1.82) is 0 Å². The third-order valence-electron chi connectivity index (χ3n) is 5.51. The van der Waals surface area contributed by atoms with Crippen LogP contribution in [0.4, 0.5) is 0 Å². The summed E-state index contributed by atoms with van der Waals surface area (Å²) in [6.07, 6.45) is 3.41. The first-order chi connectivity index (χ1) is 12.3. The number of aromatic nitrogens is 3. The van der Waals surface area contributed by atoms with Gasteiger partial charge in [0.1, 0.15) is 16.5 Å². The standard InChI is InChI=1S/C19H20ClN5/c20-17-9-8-16-19(23-17)25(18(22-16)12-4-2-1-3-5-12)14-6-7-15-13(10-14)11-21-24-15/h1-5,8-9,13-15,21,24H,6-7,10-11H2. The molecule has 5 rings (SSSR count). The Morgan fingerprint density at radius 2 is 1.92 bits per heavy atom. The summed E-state index contributed by atoms with van der Waals surface area (Å²) < 4.78 is 2.32. The van der Waals surface area contributed by atoms with E-state index >= 15 is 0 Å². The summed E-state index contributed by atoms with van der Waals surface area (Å²) in [6, 6.07) is 15.1. The quantitative estimate of drug-likeness (QED) is 0.691. The van der Waals surface area contributed by atoms with Crippen LogP contribution in [0.1, 0.15) is 25.3 Å². The lowest BCUT2D eigenvalue weighted by atomic mass is 9.82.